The third kappa shape index (κ3) is 4.89. The number of amides is 1. The lowest BCUT2D eigenvalue weighted by Crippen LogP contribution is -2.29. The molecular weight excluding hydrogens is 310 g/mol. The van der Waals surface area contributed by atoms with Crippen LogP contribution in [0.5, 0.6) is 5.75 Å². The number of rotatable bonds is 6. The highest BCUT2D eigenvalue weighted by molar-refractivity contribution is 9.10. The standard InChI is InChI=1S/C13H16BrN3O2/c1-9(16-2)11-7-10(14)3-4-12(11)19-8-13(18)17-6-5-15/h3-4,7,9,16H,6,8H2,1-2H3,(H,17,18). The van der Waals surface area contributed by atoms with Gasteiger partial charge < -0.3 is 15.4 Å². The van der Waals surface area contributed by atoms with Crippen molar-refractivity contribution >= 4 is 21.8 Å². The summed E-state index contributed by atoms with van der Waals surface area (Å²) in [5, 5.41) is 13.9. The zero-order chi connectivity index (χ0) is 14.3. The molecule has 0 aliphatic carbocycles. The summed E-state index contributed by atoms with van der Waals surface area (Å²) in [5.74, 6) is 0.338. The fourth-order valence-corrected chi connectivity index (χ4v) is 1.86. The normalized spacial score (nSPS) is 11.5. The molecule has 1 rings (SSSR count). The van der Waals surface area contributed by atoms with Gasteiger partial charge in [0.25, 0.3) is 5.91 Å². The molecule has 0 spiro atoms. The zero-order valence-electron chi connectivity index (χ0n) is 10.9. The molecule has 2 N–H and O–H groups in total. The Labute approximate surface area is 121 Å². The van der Waals surface area contributed by atoms with Crippen LogP contribution in [0.4, 0.5) is 0 Å². The van der Waals surface area contributed by atoms with Gasteiger partial charge in [0, 0.05) is 16.1 Å². The Hall–Kier alpha value is -1.58. The number of nitriles is 1. The molecule has 5 nitrogen and oxygen atoms in total. The Balaban J connectivity index is 2.72. The summed E-state index contributed by atoms with van der Waals surface area (Å²) in [6, 6.07) is 7.56. The summed E-state index contributed by atoms with van der Waals surface area (Å²) in [6.45, 7) is 1.89. The number of benzene rings is 1. The molecule has 0 heterocycles. The second kappa shape index (κ2) is 7.77. The third-order valence-corrected chi connectivity index (χ3v) is 3.09. The maximum atomic E-state index is 11.4. The van der Waals surface area contributed by atoms with Crippen LogP contribution in [-0.4, -0.2) is 26.1 Å². The van der Waals surface area contributed by atoms with E-state index in [0.717, 1.165) is 10.0 Å². The van der Waals surface area contributed by atoms with Gasteiger partial charge in [0.05, 0.1) is 6.07 Å². The predicted molar refractivity (Wildman–Crippen MR) is 75.7 cm³/mol. The first-order valence-corrected chi connectivity index (χ1v) is 6.61. The first-order chi connectivity index (χ1) is 9.08. The topological polar surface area (TPSA) is 74.2 Å². The smallest absolute Gasteiger partial charge is 0.258 e. The summed E-state index contributed by atoms with van der Waals surface area (Å²) in [4.78, 5) is 11.4. The van der Waals surface area contributed by atoms with Crippen LogP contribution in [-0.2, 0) is 4.79 Å². The number of halogens is 1. The molecule has 1 aromatic carbocycles. The van der Waals surface area contributed by atoms with Gasteiger partial charge in [0.15, 0.2) is 6.61 Å². The molecule has 0 aromatic heterocycles. The van der Waals surface area contributed by atoms with Crippen LogP contribution in [0, 0.1) is 11.3 Å². The number of carbonyl (C=O) groups excluding carboxylic acids is 1. The molecule has 102 valence electrons. The number of hydrogen-bond donors (Lipinski definition) is 2. The minimum Gasteiger partial charge on any atom is -0.483 e. The van der Waals surface area contributed by atoms with Crippen molar-refractivity contribution in [1.82, 2.24) is 10.6 Å². The summed E-state index contributed by atoms with van der Waals surface area (Å²) < 4.78 is 6.44. The largest absolute Gasteiger partial charge is 0.483 e. The minimum atomic E-state index is -0.312. The molecule has 1 atom stereocenters. The molecule has 0 saturated heterocycles. The van der Waals surface area contributed by atoms with E-state index in [1.165, 1.54) is 0 Å². The fourth-order valence-electron chi connectivity index (χ4n) is 1.48. The average Bonchev–Trinajstić information content (AvgIpc) is 2.42. The molecule has 1 aromatic rings. The zero-order valence-corrected chi connectivity index (χ0v) is 12.5. The summed E-state index contributed by atoms with van der Waals surface area (Å²) in [5.41, 5.74) is 0.963. The van der Waals surface area contributed by atoms with Crippen molar-refractivity contribution in [3.8, 4) is 11.8 Å². The maximum absolute atomic E-state index is 11.4. The lowest BCUT2D eigenvalue weighted by Gasteiger charge is -2.16. The van der Waals surface area contributed by atoms with Crippen LogP contribution >= 0.6 is 15.9 Å². The van der Waals surface area contributed by atoms with Crippen molar-refractivity contribution in [2.24, 2.45) is 0 Å². The quantitative estimate of drug-likeness (QED) is 0.781. The SMILES string of the molecule is CNC(C)c1cc(Br)ccc1OCC(=O)NCC#N. The van der Waals surface area contributed by atoms with Gasteiger partial charge in [-0.2, -0.15) is 5.26 Å². The van der Waals surface area contributed by atoms with Gasteiger partial charge in [-0.3, -0.25) is 4.79 Å². The van der Waals surface area contributed by atoms with E-state index in [1.54, 1.807) is 0 Å². The first kappa shape index (κ1) is 15.5. The van der Waals surface area contributed by atoms with Crippen LogP contribution in [0.2, 0.25) is 0 Å². The monoisotopic (exact) mass is 325 g/mol. The Morgan fingerprint density at radius 2 is 2.32 bits per heavy atom. The average molecular weight is 326 g/mol. The van der Waals surface area contributed by atoms with Gasteiger partial charge >= 0.3 is 0 Å². The van der Waals surface area contributed by atoms with Crippen LogP contribution < -0.4 is 15.4 Å². The summed E-state index contributed by atoms with van der Waals surface area (Å²) in [7, 11) is 1.86. The minimum absolute atomic E-state index is 0.0116. The predicted octanol–water partition coefficient (Wildman–Crippen LogP) is 1.75. The molecular formula is C13H16BrN3O2. The van der Waals surface area contributed by atoms with Gasteiger partial charge in [-0.05, 0) is 32.2 Å². The molecule has 1 unspecified atom stereocenters. The van der Waals surface area contributed by atoms with E-state index in [2.05, 4.69) is 26.6 Å². The number of ether oxygens (including phenoxy) is 1. The molecule has 0 fully saturated rings. The van der Waals surface area contributed by atoms with Gasteiger partial charge in [-0.15, -0.1) is 0 Å². The summed E-state index contributed by atoms with van der Waals surface area (Å²) >= 11 is 3.41. The molecule has 1 amide bonds. The van der Waals surface area contributed by atoms with E-state index < -0.39 is 0 Å². The lowest BCUT2D eigenvalue weighted by molar-refractivity contribution is -0.122. The fraction of sp³-hybridized carbons (Fsp3) is 0.385. The molecule has 0 aliphatic heterocycles. The molecule has 0 radical (unpaired) electrons. The van der Waals surface area contributed by atoms with E-state index in [1.807, 2.05) is 38.2 Å². The van der Waals surface area contributed by atoms with Gasteiger partial charge in [-0.25, -0.2) is 0 Å². The lowest BCUT2D eigenvalue weighted by atomic mass is 10.1. The van der Waals surface area contributed by atoms with E-state index in [0.29, 0.717) is 5.75 Å². The highest BCUT2D eigenvalue weighted by Crippen LogP contribution is 2.28. The van der Waals surface area contributed by atoms with Crippen LogP contribution in [0.25, 0.3) is 0 Å². The van der Waals surface area contributed by atoms with Crippen molar-refractivity contribution in [3.05, 3.63) is 28.2 Å². The van der Waals surface area contributed by atoms with E-state index in [-0.39, 0.29) is 25.1 Å². The van der Waals surface area contributed by atoms with Crippen LogP contribution in [0.3, 0.4) is 0 Å². The second-order valence-corrected chi connectivity index (χ2v) is 4.83. The molecule has 0 saturated carbocycles. The Kier molecular flexibility index (Phi) is 6.33. The highest BCUT2D eigenvalue weighted by atomic mass is 79.9. The first-order valence-electron chi connectivity index (χ1n) is 5.81. The Bertz CT molecular complexity index is 485. The van der Waals surface area contributed by atoms with E-state index in [9.17, 15) is 4.79 Å². The van der Waals surface area contributed by atoms with Crippen molar-refractivity contribution < 1.29 is 9.53 Å². The van der Waals surface area contributed by atoms with Gasteiger partial charge in [0.2, 0.25) is 0 Å². The van der Waals surface area contributed by atoms with Crippen LogP contribution in [0.15, 0.2) is 22.7 Å². The number of carbonyl (C=O) groups is 1. The molecule has 0 aliphatic rings. The van der Waals surface area contributed by atoms with Crippen LogP contribution in [0.1, 0.15) is 18.5 Å². The highest BCUT2D eigenvalue weighted by Gasteiger charge is 2.12. The molecule has 19 heavy (non-hydrogen) atoms. The van der Waals surface area contributed by atoms with Crippen molar-refractivity contribution in [2.75, 3.05) is 20.2 Å². The van der Waals surface area contributed by atoms with E-state index in [4.69, 9.17) is 10.00 Å². The Morgan fingerprint density at radius 1 is 1.58 bits per heavy atom. The van der Waals surface area contributed by atoms with Gasteiger partial charge in [0.1, 0.15) is 12.3 Å². The van der Waals surface area contributed by atoms with Crippen molar-refractivity contribution in [1.29, 1.82) is 5.26 Å². The Morgan fingerprint density at radius 3 is 2.95 bits per heavy atom. The third-order valence-electron chi connectivity index (χ3n) is 2.59. The number of nitrogens with one attached hydrogen (secondary N) is 2. The van der Waals surface area contributed by atoms with Crippen molar-refractivity contribution in [2.45, 2.75) is 13.0 Å². The number of hydrogen-bond acceptors (Lipinski definition) is 4. The van der Waals surface area contributed by atoms with Crippen molar-refractivity contribution in [3.63, 3.8) is 0 Å². The molecule has 6 heteroatoms. The summed E-state index contributed by atoms with van der Waals surface area (Å²) in [6.07, 6.45) is 0. The van der Waals surface area contributed by atoms with Gasteiger partial charge in [-0.1, -0.05) is 15.9 Å². The number of nitrogens with zero attached hydrogens (tertiary/aromatic N) is 1. The second-order valence-electron chi connectivity index (χ2n) is 3.92. The maximum Gasteiger partial charge on any atom is 0.258 e. The molecule has 0 bridgehead atoms. The van der Waals surface area contributed by atoms with E-state index >= 15 is 0 Å².